The van der Waals surface area contributed by atoms with Crippen molar-refractivity contribution >= 4 is 17.0 Å². The number of ether oxygens (including phenoxy) is 1. The lowest BCUT2D eigenvalue weighted by Gasteiger charge is -2.28. The van der Waals surface area contributed by atoms with E-state index in [9.17, 15) is 5.11 Å². The van der Waals surface area contributed by atoms with Gasteiger partial charge in [0.2, 0.25) is 0 Å². The number of hydrogen-bond donors (Lipinski definition) is 1. The quantitative estimate of drug-likeness (QED) is 0.207. The van der Waals surface area contributed by atoms with E-state index in [0.717, 1.165) is 41.0 Å². The van der Waals surface area contributed by atoms with Crippen molar-refractivity contribution in [3.05, 3.63) is 126 Å². The molecule has 4 aromatic carbocycles. The van der Waals surface area contributed by atoms with Crippen molar-refractivity contribution in [2.75, 3.05) is 18.6 Å². The van der Waals surface area contributed by atoms with Gasteiger partial charge in [0.1, 0.15) is 12.1 Å². The largest absolute Gasteiger partial charge is 0.424 e. The van der Waals surface area contributed by atoms with Gasteiger partial charge in [-0.3, -0.25) is 4.57 Å². The molecule has 7 heteroatoms. The molecule has 2 heterocycles. The molecule has 0 spiro atoms. The molecule has 0 saturated carbocycles. The van der Waals surface area contributed by atoms with Gasteiger partial charge in [0, 0.05) is 12.7 Å². The van der Waals surface area contributed by atoms with Crippen LogP contribution in [-0.4, -0.2) is 44.3 Å². The molecule has 43 heavy (non-hydrogen) atoms. The van der Waals surface area contributed by atoms with E-state index in [4.69, 9.17) is 19.7 Å². The van der Waals surface area contributed by atoms with Crippen LogP contribution in [0.2, 0.25) is 0 Å². The highest BCUT2D eigenvalue weighted by Crippen LogP contribution is 2.32. The van der Waals surface area contributed by atoms with Crippen LogP contribution in [0.1, 0.15) is 23.1 Å². The fourth-order valence-corrected chi connectivity index (χ4v) is 5.89. The van der Waals surface area contributed by atoms with Crippen molar-refractivity contribution < 1.29 is 9.84 Å². The molecule has 1 atom stereocenters. The van der Waals surface area contributed by atoms with Gasteiger partial charge in [0.05, 0.1) is 12.6 Å². The second kappa shape index (κ2) is 11.7. The van der Waals surface area contributed by atoms with Crippen LogP contribution in [0.3, 0.4) is 0 Å². The predicted octanol–water partition coefficient (Wildman–Crippen LogP) is 6.80. The number of aryl methyl sites for hydroxylation is 2. The first kappa shape index (κ1) is 26.9. The number of likely N-dealkylation sites (N-methyl/N-ethyl adjacent to an activating group) is 1. The van der Waals surface area contributed by atoms with Gasteiger partial charge < -0.3 is 14.7 Å². The number of aliphatic hydroxyl groups is 1. The molecule has 6 aromatic rings. The summed E-state index contributed by atoms with van der Waals surface area (Å²) in [6.45, 7) is -0.0421. The predicted molar refractivity (Wildman–Crippen MR) is 170 cm³/mol. The SMILES string of the molecule is CN(c1nc(Oc2ccc3c(c2)CCC3)nc2c1ncn2-c1ccc(-c2ccccc2)cc1)C(CO)Cc1ccccc1. The number of benzene rings is 4. The Labute approximate surface area is 251 Å². The van der Waals surface area contributed by atoms with Gasteiger partial charge >= 0.3 is 6.01 Å². The summed E-state index contributed by atoms with van der Waals surface area (Å²) in [5, 5.41) is 10.4. The highest BCUT2D eigenvalue weighted by molar-refractivity contribution is 5.85. The first-order valence-corrected chi connectivity index (χ1v) is 14.7. The van der Waals surface area contributed by atoms with Crippen LogP contribution in [0, 0.1) is 0 Å². The molecule has 0 saturated heterocycles. The molecule has 0 aliphatic heterocycles. The molecule has 1 N–H and O–H groups in total. The Morgan fingerprint density at radius 1 is 0.837 bits per heavy atom. The van der Waals surface area contributed by atoms with E-state index >= 15 is 0 Å². The Morgan fingerprint density at radius 3 is 2.33 bits per heavy atom. The summed E-state index contributed by atoms with van der Waals surface area (Å²) in [6.07, 6.45) is 5.77. The number of anilines is 1. The fraction of sp³-hybridized carbons (Fsp3) is 0.194. The van der Waals surface area contributed by atoms with Crippen molar-refractivity contribution in [3.63, 3.8) is 0 Å². The van der Waals surface area contributed by atoms with E-state index in [1.165, 1.54) is 17.5 Å². The standard InChI is InChI=1S/C36H33N5O2/c1-40(31(23-42)21-25-9-4-2-5-10-25)34-33-35(39-36(38-34)43-32-20-17-27-13-8-14-29(27)22-32)41(24-37-33)30-18-15-28(16-19-30)26-11-6-3-7-12-26/h2-7,9-12,15-20,22,24,31,42H,8,13-14,21,23H2,1H3. The number of imidazole rings is 1. The lowest BCUT2D eigenvalue weighted by atomic mass is 10.1. The van der Waals surface area contributed by atoms with Crippen molar-refractivity contribution in [2.24, 2.45) is 0 Å². The van der Waals surface area contributed by atoms with Gasteiger partial charge in [0.15, 0.2) is 17.0 Å². The summed E-state index contributed by atoms with van der Waals surface area (Å²) < 4.78 is 8.28. The van der Waals surface area contributed by atoms with Crippen LogP contribution < -0.4 is 9.64 Å². The number of aromatic nitrogens is 4. The van der Waals surface area contributed by atoms with E-state index in [-0.39, 0.29) is 18.7 Å². The third-order valence-electron chi connectivity index (χ3n) is 8.30. The molecule has 7 nitrogen and oxygen atoms in total. The number of rotatable bonds is 9. The lowest BCUT2D eigenvalue weighted by Crippen LogP contribution is -2.37. The zero-order chi connectivity index (χ0) is 29.2. The Bertz CT molecular complexity index is 1850. The highest BCUT2D eigenvalue weighted by atomic mass is 16.5. The van der Waals surface area contributed by atoms with Crippen molar-refractivity contribution in [1.82, 2.24) is 19.5 Å². The first-order chi connectivity index (χ1) is 21.2. The summed E-state index contributed by atoms with van der Waals surface area (Å²) in [5.41, 5.74) is 8.35. The van der Waals surface area contributed by atoms with E-state index in [1.807, 2.05) is 59.0 Å². The average Bonchev–Trinajstić information content (AvgIpc) is 3.71. The fourth-order valence-electron chi connectivity index (χ4n) is 5.89. The van der Waals surface area contributed by atoms with Crippen molar-refractivity contribution in [1.29, 1.82) is 0 Å². The Morgan fingerprint density at radius 2 is 1.56 bits per heavy atom. The number of nitrogens with zero attached hydrogens (tertiary/aromatic N) is 5. The van der Waals surface area contributed by atoms with Crippen LogP contribution in [0.15, 0.2) is 109 Å². The molecule has 1 aliphatic carbocycles. The zero-order valence-corrected chi connectivity index (χ0v) is 24.1. The summed E-state index contributed by atoms with van der Waals surface area (Å²) in [5.74, 6) is 1.32. The molecule has 0 radical (unpaired) electrons. The Kier molecular flexibility index (Phi) is 7.31. The molecule has 0 fully saturated rings. The molecular weight excluding hydrogens is 534 g/mol. The van der Waals surface area contributed by atoms with E-state index in [1.54, 1.807) is 6.33 Å². The molecule has 2 aromatic heterocycles. The van der Waals surface area contributed by atoms with E-state index < -0.39 is 0 Å². The molecular formula is C36H33N5O2. The van der Waals surface area contributed by atoms with E-state index in [0.29, 0.717) is 23.4 Å². The second-order valence-electron chi connectivity index (χ2n) is 11.1. The number of aliphatic hydroxyl groups excluding tert-OH is 1. The van der Waals surface area contributed by atoms with Gasteiger partial charge in [-0.25, -0.2) is 4.98 Å². The summed E-state index contributed by atoms with van der Waals surface area (Å²) in [4.78, 5) is 16.5. The highest BCUT2D eigenvalue weighted by Gasteiger charge is 2.24. The first-order valence-electron chi connectivity index (χ1n) is 14.7. The minimum atomic E-state index is -0.219. The maximum atomic E-state index is 10.4. The summed E-state index contributed by atoms with van der Waals surface area (Å²) >= 11 is 0. The minimum Gasteiger partial charge on any atom is -0.424 e. The lowest BCUT2D eigenvalue weighted by molar-refractivity contribution is 0.261. The monoisotopic (exact) mass is 567 g/mol. The third-order valence-corrected chi connectivity index (χ3v) is 8.30. The molecule has 214 valence electrons. The smallest absolute Gasteiger partial charge is 0.326 e. The maximum absolute atomic E-state index is 10.4. The number of hydrogen-bond acceptors (Lipinski definition) is 6. The van der Waals surface area contributed by atoms with Gasteiger partial charge in [0.25, 0.3) is 0 Å². The second-order valence-corrected chi connectivity index (χ2v) is 11.1. The molecule has 0 bridgehead atoms. The van der Waals surface area contributed by atoms with Gasteiger partial charge in [-0.15, -0.1) is 0 Å². The van der Waals surface area contributed by atoms with Gasteiger partial charge in [-0.1, -0.05) is 78.9 Å². The molecule has 7 rings (SSSR count). The Balaban J connectivity index is 1.29. The van der Waals surface area contributed by atoms with Crippen LogP contribution in [0.25, 0.3) is 28.0 Å². The number of fused-ring (bicyclic) bond motifs is 2. The van der Waals surface area contributed by atoms with Gasteiger partial charge in [-0.2, -0.15) is 9.97 Å². The van der Waals surface area contributed by atoms with Gasteiger partial charge in [-0.05, 0) is 77.8 Å². The Hall–Kier alpha value is -5.01. The van der Waals surface area contributed by atoms with Crippen molar-refractivity contribution in [2.45, 2.75) is 31.7 Å². The summed E-state index contributed by atoms with van der Waals surface area (Å²) in [7, 11) is 1.94. The van der Waals surface area contributed by atoms with Crippen LogP contribution in [-0.2, 0) is 19.3 Å². The van der Waals surface area contributed by atoms with Crippen LogP contribution >= 0.6 is 0 Å². The molecule has 1 unspecified atom stereocenters. The normalized spacial score (nSPS) is 13.2. The summed E-state index contributed by atoms with van der Waals surface area (Å²) in [6, 6.07) is 35.1. The maximum Gasteiger partial charge on any atom is 0.326 e. The van der Waals surface area contributed by atoms with E-state index in [2.05, 4.69) is 60.7 Å². The molecule has 0 amide bonds. The van der Waals surface area contributed by atoms with Crippen molar-refractivity contribution in [3.8, 4) is 28.6 Å². The topological polar surface area (TPSA) is 76.3 Å². The zero-order valence-electron chi connectivity index (χ0n) is 24.1. The van der Waals surface area contributed by atoms with Crippen LogP contribution in [0.4, 0.5) is 5.82 Å². The van der Waals surface area contributed by atoms with Crippen LogP contribution in [0.5, 0.6) is 11.8 Å². The third kappa shape index (κ3) is 5.47. The molecule has 1 aliphatic rings. The minimum absolute atomic E-state index is 0.0421. The average molecular weight is 568 g/mol.